The summed E-state index contributed by atoms with van der Waals surface area (Å²) in [4.78, 5) is 0. The molecule has 0 amide bonds. The molecule has 0 saturated heterocycles. The van der Waals surface area contributed by atoms with Crippen molar-refractivity contribution in [3.05, 3.63) is 236 Å². The summed E-state index contributed by atoms with van der Waals surface area (Å²) in [6.07, 6.45) is 0. The minimum Gasteiger partial charge on any atom is -0.512 e. The summed E-state index contributed by atoms with van der Waals surface area (Å²) in [6, 6.07) is 25.8. The van der Waals surface area contributed by atoms with Crippen LogP contribution in [0.2, 0.25) is 0 Å². The van der Waals surface area contributed by atoms with E-state index in [0.29, 0.717) is 0 Å². The maximum atomic E-state index is 6.25. The van der Waals surface area contributed by atoms with E-state index in [1.165, 1.54) is 149 Å². The van der Waals surface area contributed by atoms with Crippen LogP contribution in [0.5, 0.6) is 0 Å². The van der Waals surface area contributed by atoms with Gasteiger partial charge in [-0.1, -0.05) is 0 Å². The minimum atomic E-state index is 0. The van der Waals surface area contributed by atoms with Crippen molar-refractivity contribution in [3.8, 4) is 0 Å². The van der Waals surface area contributed by atoms with Crippen LogP contribution in [-0.4, -0.2) is 90.1 Å². The minimum absolute atomic E-state index is 0. The molecule has 0 N–H and O–H groups in total. The maximum absolute atomic E-state index is 6.25. The van der Waals surface area contributed by atoms with Crippen LogP contribution < -0.4 is 14.3 Å². The Hall–Kier alpha value is -7.55. The molecule has 4 aromatic carbocycles. The molecular formula is C50H36Fe3N18Sn4. The van der Waals surface area contributed by atoms with Gasteiger partial charge in [-0.15, -0.1) is 0 Å². The zero-order chi connectivity index (χ0) is 63.4. The van der Waals surface area contributed by atoms with E-state index in [9.17, 15) is 0 Å². The molecule has 25 heteroatoms. The van der Waals surface area contributed by atoms with Crippen LogP contribution in [0.3, 0.4) is 0 Å². The van der Waals surface area contributed by atoms with Crippen molar-refractivity contribution in [2.24, 2.45) is 0 Å². The molecule has 0 aliphatic rings. The number of aryl methyl sites for hydroxylation is 4. The third-order valence-electron chi connectivity index (χ3n) is 6.42. The van der Waals surface area contributed by atoms with Crippen LogP contribution in [0, 0.1) is 268 Å². The van der Waals surface area contributed by atoms with Crippen molar-refractivity contribution in [2.45, 2.75) is 55.4 Å². The van der Waals surface area contributed by atoms with Gasteiger partial charge in [0.15, 0.2) is 0 Å². The molecular weight excluding hydrogens is 1500 g/mol. The summed E-state index contributed by atoms with van der Waals surface area (Å²) >= 11 is 6.06. The summed E-state index contributed by atoms with van der Waals surface area (Å²) in [7, 11) is 0. The van der Waals surface area contributed by atoms with Crippen molar-refractivity contribution in [1.29, 1.82) is 94.7 Å². The summed E-state index contributed by atoms with van der Waals surface area (Å²) in [5.74, 6) is 0. The van der Waals surface area contributed by atoms with Gasteiger partial charge in [0.1, 0.15) is 0 Å². The van der Waals surface area contributed by atoms with Crippen LogP contribution in [0.15, 0.2) is 72.8 Å². The molecule has 0 fully saturated rings. The number of benzene rings is 4. The smallest absolute Gasteiger partial charge is 0.512 e. The fraction of sp³-hybridized carbons (Fsp3) is 0.160. The van der Waals surface area contributed by atoms with Crippen LogP contribution >= 0.6 is 0 Å². The Morgan fingerprint density at radius 2 is 0.280 bits per heavy atom. The molecule has 18 nitrogen and oxygen atoms in total. The van der Waals surface area contributed by atoms with Gasteiger partial charge in [-0.05, 0) is 0 Å². The number of nitrogens with zero attached hydrogens (tertiary/aromatic N) is 18. The zero-order valence-corrected chi connectivity index (χ0v) is 55.8. The molecule has 4 rings (SSSR count). The largest absolute Gasteiger partial charge is 2.00 e. The number of hydrogen-bond acceptors (Lipinski definition) is 18. The Morgan fingerprint density at radius 1 is 0.200 bits per heavy atom. The first kappa shape index (κ1) is 138. The average molecular weight is 1530 g/mol. The summed E-state index contributed by atoms with van der Waals surface area (Å²) in [5, 5.41) is 112. The van der Waals surface area contributed by atoms with Crippen molar-refractivity contribution in [1.82, 2.24) is 0 Å². The molecule has 0 saturated carbocycles. The first-order valence-electron chi connectivity index (χ1n) is 16.0. The fourth-order valence-corrected chi connectivity index (χ4v) is 6.35. The quantitative estimate of drug-likeness (QED) is 0.141. The molecule has 0 spiro atoms. The van der Waals surface area contributed by atoms with Gasteiger partial charge in [0.2, 0.25) is 0 Å². The first-order chi connectivity index (χ1) is 34.9. The van der Waals surface area contributed by atoms with Gasteiger partial charge in [-0.3, -0.25) is 0 Å². The molecule has 0 aromatic heterocycles. The molecule has 75 heavy (non-hydrogen) atoms. The SMILES string of the molecule is Cc1ccc[c]([Sn+3])c1C.Cc1ccc[c]([Sn+3])c1C.Cc1ccc[c]([Sn+3])c1C.Cc1ccc[c]([Sn+3])c1C.[C-]#N.[C-]#N.[C-]#N.[C-]#N.[C-]#N.[C-]#N.[C-]#N.[C-]#N.[C-]#N.[C-]#N.[C-]#N.[C-]#N.[C-]#N.[C-]#N.[C-]#N.[C-]#N.[C-]#N.[C-]#N.[Fe+2].[Fe+2].[Fe+2]. The molecule has 0 unspecified atom stereocenters. The molecule has 0 bridgehead atoms. The second kappa shape index (κ2) is 174. The van der Waals surface area contributed by atoms with E-state index in [0.717, 1.165) is 0 Å². The van der Waals surface area contributed by atoms with Crippen LogP contribution in [-0.2, 0) is 51.2 Å². The molecule has 0 atom stereocenters. The van der Waals surface area contributed by atoms with E-state index in [4.69, 9.17) is 213 Å². The summed E-state index contributed by atoms with van der Waals surface area (Å²) in [6.45, 7) is 103. The summed E-state index contributed by atoms with van der Waals surface area (Å²) in [5.41, 5.74) is 11.4. The first-order valence-corrected chi connectivity index (χ1v) is 21.7. The van der Waals surface area contributed by atoms with Crippen molar-refractivity contribution in [2.75, 3.05) is 0 Å². The standard InChI is InChI=1S/4C8H9.18CN.3Fe.4Sn/c4*1-7-5-3-4-6-8(7)2;18*1-2;;;;;;;/h4*3-5H,1-2H3;;;;;;;;;;;;;;;;;;;;;;;;;/q;;;;18*-1;3*+2;4*+3. The van der Waals surface area contributed by atoms with E-state index < -0.39 is 0 Å². The predicted octanol–water partition coefficient (Wildman–Crippen LogP) is 6.12. The van der Waals surface area contributed by atoms with Gasteiger partial charge in [0.25, 0.3) is 0 Å². The molecule has 0 radical (unpaired) electrons. The summed E-state index contributed by atoms with van der Waals surface area (Å²) < 4.78 is 5.90. The molecule has 366 valence electrons. The second-order valence-electron chi connectivity index (χ2n) is 8.99. The van der Waals surface area contributed by atoms with Gasteiger partial charge in [0.05, 0.1) is 0 Å². The van der Waals surface area contributed by atoms with Crippen LogP contribution in [0.25, 0.3) is 0 Å². The van der Waals surface area contributed by atoms with Gasteiger partial charge < -0.3 is 213 Å². The van der Waals surface area contributed by atoms with Crippen molar-refractivity contribution in [3.63, 3.8) is 0 Å². The van der Waals surface area contributed by atoms with E-state index >= 15 is 0 Å². The van der Waals surface area contributed by atoms with Crippen molar-refractivity contribution >= 4 is 104 Å². The molecule has 0 aliphatic carbocycles. The third kappa shape index (κ3) is 118. The topological polar surface area (TPSA) is 428 Å². The van der Waals surface area contributed by atoms with E-state index in [1.54, 1.807) is 0 Å². The Bertz CT molecular complexity index is 1660. The van der Waals surface area contributed by atoms with Gasteiger partial charge in [0, 0.05) is 0 Å². The van der Waals surface area contributed by atoms with Gasteiger partial charge in [-0.2, -0.15) is 0 Å². The van der Waals surface area contributed by atoms with Crippen molar-refractivity contribution < 1.29 is 51.2 Å². The van der Waals surface area contributed by atoms with E-state index in [2.05, 4.69) is 128 Å². The Labute approximate surface area is 535 Å². The predicted molar refractivity (Wildman–Crippen MR) is 255 cm³/mol. The average Bonchev–Trinajstić information content (AvgIpc) is 3.50. The Morgan fingerprint density at radius 3 is 0.333 bits per heavy atom. The molecule has 0 aliphatic heterocycles. The Kier molecular flexibility index (Phi) is 320. The second-order valence-corrected chi connectivity index (χ2v) is 15.1. The Balaban J connectivity index is -0.0000000225. The number of hydrogen-bond donors (Lipinski definition) is 0. The monoisotopic (exact) mass is 1540 g/mol. The zero-order valence-electron chi connectivity index (χ0n) is 41.0. The van der Waals surface area contributed by atoms with E-state index in [1.807, 2.05) is 0 Å². The van der Waals surface area contributed by atoms with Crippen LogP contribution in [0.1, 0.15) is 44.5 Å². The van der Waals surface area contributed by atoms with Crippen LogP contribution in [0.4, 0.5) is 0 Å². The maximum Gasteiger partial charge on any atom is 2.00 e. The van der Waals surface area contributed by atoms with Gasteiger partial charge in [-0.25, -0.2) is 0 Å². The normalized spacial score (nSPS) is 5.17. The van der Waals surface area contributed by atoms with Gasteiger partial charge >= 0.3 is 328 Å². The number of rotatable bonds is 0. The fourth-order valence-electron chi connectivity index (χ4n) is 3.00. The molecule has 4 aromatic rings. The third-order valence-corrected chi connectivity index (χ3v) is 12.6. The van der Waals surface area contributed by atoms with E-state index in [-0.39, 0.29) is 51.2 Å². The molecule has 0 heterocycles.